The van der Waals surface area contributed by atoms with Gasteiger partial charge in [0.1, 0.15) is 0 Å². The van der Waals surface area contributed by atoms with Crippen molar-refractivity contribution >= 4 is 16.7 Å². The number of ether oxygens (including phenoxy) is 1. The quantitative estimate of drug-likeness (QED) is 0.677. The van der Waals surface area contributed by atoms with Crippen molar-refractivity contribution in [3.05, 3.63) is 42.4 Å². The molecule has 2 aromatic heterocycles. The first-order chi connectivity index (χ1) is 13.7. The summed E-state index contributed by atoms with van der Waals surface area (Å²) in [4.78, 5) is 15.0. The van der Waals surface area contributed by atoms with Crippen LogP contribution < -0.4 is 0 Å². The molecule has 2 aliphatic rings. The molecule has 2 unspecified atom stereocenters. The van der Waals surface area contributed by atoms with Gasteiger partial charge in [-0.25, -0.2) is 0 Å². The lowest BCUT2D eigenvalue weighted by molar-refractivity contribution is -0.122. The molecule has 5 rings (SSSR count). The van der Waals surface area contributed by atoms with Gasteiger partial charge in [0.2, 0.25) is 0 Å². The number of benzene rings is 1. The van der Waals surface area contributed by atoms with Gasteiger partial charge in [0.25, 0.3) is 0 Å². The molecular formula is C21H23N5O2. The van der Waals surface area contributed by atoms with Crippen LogP contribution in [-0.4, -0.2) is 62.5 Å². The van der Waals surface area contributed by atoms with Crippen LogP contribution in [0.15, 0.2) is 36.7 Å². The molecule has 0 radical (unpaired) electrons. The maximum absolute atomic E-state index is 12.7. The molecule has 0 N–H and O–H groups in total. The highest BCUT2D eigenvalue weighted by Crippen LogP contribution is 2.28. The summed E-state index contributed by atoms with van der Waals surface area (Å²) >= 11 is 0. The summed E-state index contributed by atoms with van der Waals surface area (Å²) in [6, 6.07) is 8.83. The fourth-order valence-electron chi connectivity index (χ4n) is 4.36. The fraction of sp³-hybridized carbons (Fsp3) is 0.429. The van der Waals surface area contributed by atoms with E-state index < -0.39 is 0 Å². The summed E-state index contributed by atoms with van der Waals surface area (Å²) in [5, 5.41) is 13.8. The van der Waals surface area contributed by atoms with Crippen molar-refractivity contribution in [2.45, 2.75) is 31.3 Å². The highest BCUT2D eigenvalue weighted by Gasteiger charge is 2.37. The van der Waals surface area contributed by atoms with Gasteiger partial charge in [0, 0.05) is 36.3 Å². The van der Waals surface area contributed by atoms with Gasteiger partial charge in [0.05, 0.1) is 43.6 Å². The molecule has 2 fully saturated rings. The van der Waals surface area contributed by atoms with Gasteiger partial charge in [-0.05, 0) is 36.6 Å². The summed E-state index contributed by atoms with van der Waals surface area (Å²) < 4.78 is 7.39. The Morgan fingerprint density at radius 1 is 1.14 bits per heavy atom. The van der Waals surface area contributed by atoms with Crippen LogP contribution in [0.5, 0.6) is 0 Å². The molecule has 4 heterocycles. The van der Waals surface area contributed by atoms with Crippen LogP contribution in [0.4, 0.5) is 0 Å². The smallest absolute Gasteiger partial charge is 0.152 e. The number of Topliss-reactive ketones (excluding diaryl/α,β-unsaturated/α-hetero) is 1. The molecule has 7 heteroatoms. The maximum atomic E-state index is 12.7. The third kappa shape index (κ3) is 3.31. The van der Waals surface area contributed by atoms with E-state index in [1.807, 2.05) is 37.6 Å². The zero-order chi connectivity index (χ0) is 19.1. The molecule has 3 aromatic rings. The molecule has 2 saturated heterocycles. The molecule has 0 amide bonds. The van der Waals surface area contributed by atoms with Crippen LogP contribution in [0.3, 0.4) is 0 Å². The zero-order valence-electron chi connectivity index (χ0n) is 15.9. The molecule has 0 saturated carbocycles. The van der Waals surface area contributed by atoms with Crippen molar-refractivity contribution < 1.29 is 9.53 Å². The van der Waals surface area contributed by atoms with E-state index in [0.717, 1.165) is 53.8 Å². The monoisotopic (exact) mass is 377 g/mol. The van der Waals surface area contributed by atoms with E-state index in [4.69, 9.17) is 4.74 Å². The molecule has 0 aliphatic carbocycles. The molecule has 1 aromatic carbocycles. The lowest BCUT2D eigenvalue weighted by Crippen LogP contribution is -2.48. The summed E-state index contributed by atoms with van der Waals surface area (Å²) in [5.41, 5.74) is 3.69. The summed E-state index contributed by atoms with van der Waals surface area (Å²) in [6.45, 7) is 1.97. The lowest BCUT2D eigenvalue weighted by Gasteiger charge is -2.33. The van der Waals surface area contributed by atoms with Gasteiger partial charge in [0.15, 0.2) is 5.78 Å². The first-order valence-corrected chi connectivity index (χ1v) is 9.76. The minimum atomic E-state index is 0.191. The number of carbonyl (C=O) groups is 1. The predicted molar refractivity (Wildman–Crippen MR) is 105 cm³/mol. The molecule has 2 bridgehead atoms. The Labute approximate surface area is 163 Å². The second-order valence-electron chi connectivity index (χ2n) is 7.82. The molecular weight excluding hydrogens is 354 g/mol. The van der Waals surface area contributed by atoms with Crippen molar-refractivity contribution in [2.24, 2.45) is 7.05 Å². The van der Waals surface area contributed by atoms with Crippen molar-refractivity contribution in [1.82, 2.24) is 24.9 Å². The number of hydrogen-bond donors (Lipinski definition) is 0. The van der Waals surface area contributed by atoms with Crippen LogP contribution in [0, 0.1) is 0 Å². The standard InChI is InChI=1S/C21H23N5O2/c1-25-10-16(9-22-25)14-2-5-21-15(6-14)7-17(23-24-21)8-20(27)11-26-18-3-4-19(26)13-28-12-18/h2,5-7,9-10,18-19H,3-4,8,11-13H2,1H3. The Morgan fingerprint density at radius 3 is 2.71 bits per heavy atom. The van der Waals surface area contributed by atoms with Crippen molar-refractivity contribution in [2.75, 3.05) is 19.8 Å². The highest BCUT2D eigenvalue weighted by molar-refractivity contribution is 5.86. The van der Waals surface area contributed by atoms with Crippen molar-refractivity contribution in [1.29, 1.82) is 0 Å². The third-order valence-electron chi connectivity index (χ3n) is 5.80. The molecule has 2 aliphatic heterocycles. The number of ketones is 1. The van der Waals surface area contributed by atoms with E-state index in [9.17, 15) is 4.79 Å². The van der Waals surface area contributed by atoms with Crippen molar-refractivity contribution in [3.63, 3.8) is 0 Å². The number of rotatable bonds is 5. The second kappa shape index (κ2) is 7.07. The average molecular weight is 377 g/mol. The summed E-state index contributed by atoms with van der Waals surface area (Å²) in [6.07, 6.45) is 6.40. The van der Waals surface area contributed by atoms with E-state index in [-0.39, 0.29) is 5.78 Å². The topological polar surface area (TPSA) is 73.1 Å². The van der Waals surface area contributed by atoms with Gasteiger partial charge < -0.3 is 4.74 Å². The Hall–Kier alpha value is -2.64. The van der Waals surface area contributed by atoms with Crippen molar-refractivity contribution in [3.8, 4) is 11.1 Å². The van der Waals surface area contributed by atoms with Crippen LogP contribution in [0.2, 0.25) is 0 Å². The number of nitrogens with zero attached hydrogens (tertiary/aromatic N) is 5. The first-order valence-electron chi connectivity index (χ1n) is 9.76. The third-order valence-corrected chi connectivity index (χ3v) is 5.80. The van der Waals surface area contributed by atoms with Gasteiger partial charge in [-0.1, -0.05) is 6.07 Å². The van der Waals surface area contributed by atoms with E-state index in [1.165, 1.54) is 0 Å². The highest BCUT2D eigenvalue weighted by atomic mass is 16.5. The summed E-state index contributed by atoms with van der Waals surface area (Å²) in [7, 11) is 1.90. The van der Waals surface area contributed by atoms with Crippen LogP contribution in [0.25, 0.3) is 22.0 Å². The number of carbonyl (C=O) groups excluding carboxylic acids is 1. The number of morpholine rings is 1. The van der Waals surface area contributed by atoms with Gasteiger partial charge in [-0.3, -0.25) is 14.4 Å². The molecule has 7 nitrogen and oxygen atoms in total. The predicted octanol–water partition coefficient (Wildman–Crippen LogP) is 2.01. The largest absolute Gasteiger partial charge is 0.378 e. The molecule has 2 atom stereocenters. The molecule has 144 valence electrons. The summed E-state index contributed by atoms with van der Waals surface area (Å²) in [5.74, 6) is 0.191. The first kappa shape index (κ1) is 17.5. The van der Waals surface area contributed by atoms with Gasteiger partial charge >= 0.3 is 0 Å². The average Bonchev–Trinajstić information content (AvgIpc) is 3.20. The van der Waals surface area contributed by atoms with E-state index in [2.05, 4.69) is 26.3 Å². The minimum Gasteiger partial charge on any atom is -0.378 e. The van der Waals surface area contributed by atoms with Crippen LogP contribution in [-0.2, 0) is 23.0 Å². The Morgan fingerprint density at radius 2 is 1.96 bits per heavy atom. The number of hydrogen-bond acceptors (Lipinski definition) is 6. The lowest BCUT2D eigenvalue weighted by atomic mass is 10.1. The minimum absolute atomic E-state index is 0.191. The molecule has 28 heavy (non-hydrogen) atoms. The molecule has 0 spiro atoms. The maximum Gasteiger partial charge on any atom is 0.152 e. The van der Waals surface area contributed by atoms with Gasteiger partial charge in [-0.15, -0.1) is 0 Å². The Balaban J connectivity index is 1.33. The zero-order valence-corrected chi connectivity index (χ0v) is 15.9. The number of aromatic nitrogens is 4. The van der Waals surface area contributed by atoms with E-state index in [1.54, 1.807) is 4.68 Å². The van der Waals surface area contributed by atoms with Crippen LogP contribution >= 0.6 is 0 Å². The Kier molecular flexibility index (Phi) is 4.41. The number of aryl methyl sites for hydroxylation is 1. The number of fused-ring (bicyclic) bond motifs is 3. The fourth-order valence-corrected chi connectivity index (χ4v) is 4.36. The SMILES string of the molecule is Cn1cc(-c2ccc3nnc(CC(=O)CN4C5CCC4COC5)cc3c2)cn1. The van der Waals surface area contributed by atoms with E-state index in [0.29, 0.717) is 25.0 Å². The van der Waals surface area contributed by atoms with Gasteiger partial charge in [-0.2, -0.15) is 15.3 Å². The van der Waals surface area contributed by atoms with Crippen LogP contribution in [0.1, 0.15) is 18.5 Å². The van der Waals surface area contributed by atoms with E-state index >= 15 is 0 Å². The Bertz CT molecular complexity index is 1010. The normalized spacial score (nSPS) is 22.0. The second-order valence-corrected chi connectivity index (χ2v) is 7.82.